The van der Waals surface area contributed by atoms with E-state index in [-0.39, 0.29) is 55.4 Å². The van der Waals surface area contributed by atoms with Gasteiger partial charge in [-0.3, -0.25) is 14.4 Å². The van der Waals surface area contributed by atoms with Gasteiger partial charge in [0.1, 0.15) is 6.61 Å². The zero-order chi connectivity index (χ0) is 28.2. The van der Waals surface area contributed by atoms with Crippen LogP contribution in [0.15, 0.2) is 72.8 Å². The molecule has 8 heteroatoms. The lowest BCUT2D eigenvalue weighted by Gasteiger charge is -2.27. The van der Waals surface area contributed by atoms with Gasteiger partial charge in [-0.1, -0.05) is 72.8 Å². The molecule has 0 aromatic heterocycles. The van der Waals surface area contributed by atoms with Gasteiger partial charge < -0.3 is 20.1 Å². The van der Waals surface area contributed by atoms with E-state index in [0.29, 0.717) is 31.6 Å². The molecule has 4 rings (SSSR count). The second-order valence-corrected chi connectivity index (χ2v) is 11.7. The summed E-state index contributed by atoms with van der Waals surface area (Å²) in [5.41, 5.74) is 2.25. The standard InChI is InChI=1S/C32H40N2O5S/c35-20-29-16-9-17-34(29)30(36)19-26-14-7-8-15-27(18-24-10-3-1-4-11-24)32(38)39-21-28(33-31(26)37)23-40-22-25-12-5-2-6-13-25/h1-8,10-13,26-29,35H,9,14-23H2,(H,33,37)/t26-,27+,28-,29+/m1/s1. The molecular weight excluding hydrogens is 524 g/mol. The summed E-state index contributed by atoms with van der Waals surface area (Å²) in [6.45, 7) is 0.641. The fraction of sp³-hybridized carbons (Fsp3) is 0.469. The molecule has 214 valence electrons. The number of hydrogen-bond donors (Lipinski definition) is 2. The number of ether oxygens (including phenoxy) is 1. The van der Waals surface area contributed by atoms with Crippen molar-refractivity contribution in [2.75, 3.05) is 25.5 Å². The van der Waals surface area contributed by atoms with Crippen molar-refractivity contribution >= 4 is 29.5 Å². The first-order valence-corrected chi connectivity index (χ1v) is 15.4. The first-order valence-electron chi connectivity index (χ1n) is 14.2. The van der Waals surface area contributed by atoms with Crippen molar-refractivity contribution in [2.24, 2.45) is 11.8 Å². The average molecular weight is 565 g/mol. The Hall–Kier alpha value is -3.10. The molecule has 4 atom stereocenters. The largest absolute Gasteiger partial charge is 0.463 e. The number of hydrogen-bond acceptors (Lipinski definition) is 6. The van der Waals surface area contributed by atoms with Crippen LogP contribution in [0.2, 0.25) is 0 Å². The maximum atomic E-state index is 13.4. The number of thioether (sulfide) groups is 1. The first-order chi connectivity index (χ1) is 19.5. The van der Waals surface area contributed by atoms with Crippen LogP contribution in [0.5, 0.6) is 0 Å². The third-order valence-electron chi connectivity index (χ3n) is 7.57. The zero-order valence-electron chi connectivity index (χ0n) is 23.0. The van der Waals surface area contributed by atoms with Gasteiger partial charge in [0.2, 0.25) is 11.8 Å². The Morgan fingerprint density at radius 1 is 0.975 bits per heavy atom. The quantitative estimate of drug-likeness (QED) is 0.351. The van der Waals surface area contributed by atoms with E-state index in [1.165, 1.54) is 5.56 Å². The molecule has 0 saturated carbocycles. The van der Waals surface area contributed by atoms with E-state index < -0.39 is 5.92 Å². The van der Waals surface area contributed by atoms with Crippen molar-refractivity contribution in [3.8, 4) is 0 Å². The van der Waals surface area contributed by atoms with Crippen LogP contribution in [0.3, 0.4) is 0 Å². The molecule has 2 aromatic carbocycles. The highest BCUT2D eigenvalue weighted by Gasteiger charge is 2.32. The van der Waals surface area contributed by atoms with E-state index in [1.54, 1.807) is 16.7 Å². The minimum absolute atomic E-state index is 0.0581. The van der Waals surface area contributed by atoms with Crippen molar-refractivity contribution in [1.29, 1.82) is 0 Å². The van der Waals surface area contributed by atoms with Crippen molar-refractivity contribution in [3.63, 3.8) is 0 Å². The number of benzene rings is 2. The van der Waals surface area contributed by atoms with E-state index in [2.05, 4.69) is 17.4 Å². The number of nitrogens with one attached hydrogen (secondary N) is 1. The van der Waals surface area contributed by atoms with Crippen LogP contribution >= 0.6 is 11.8 Å². The molecule has 1 saturated heterocycles. The molecular formula is C32H40N2O5S. The molecule has 0 spiro atoms. The lowest BCUT2D eigenvalue weighted by molar-refractivity contribution is -0.149. The predicted octanol–water partition coefficient (Wildman–Crippen LogP) is 4.15. The molecule has 1 fully saturated rings. The Morgan fingerprint density at radius 3 is 2.35 bits per heavy atom. The summed E-state index contributed by atoms with van der Waals surface area (Å²) in [5, 5.41) is 12.8. The maximum Gasteiger partial charge on any atom is 0.309 e. The fourth-order valence-electron chi connectivity index (χ4n) is 5.29. The fourth-order valence-corrected chi connectivity index (χ4v) is 6.30. The molecule has 0 bridgehead atoms. The van der Waals surface area contributed by atoms with Crippen LogP contribution in [0.1, 0.15) is 43.2 Å². The summed E-state index contributed by atoms with van der Waals surface area (Å²) in [6, 6.07) is 19.5. The summed E-state index contributed by atoms with van der Waals surface area (Å²) < 4.78 is 5.79. The molecule has 2 amide bonds. The highest BCUT2D eigenvalue weighted by atomic mass is 32.2. The molecule has 40 heavy (non-hydrogen) atoms. The minimum atomic E-state index is -0.534. The van der Waals surface area contributed by atoms with Gasteiger partial charge in [0, 0.05) is 24.5 Å². The number of aliphatic hydroxyl groups is 1. The van der Waals surface area contributed by atoms with Gasteiger partial charge >= 0.3 is 5.97 Å². The third-order valence-corrected chi connectivity index (χ3v) is 8.75. The van der Waals surface area contributed by atoms with Crippen LogP contribution in [0, 0.1) is 11.8 Å². The summed E-state index contributed by atoms with van der Waals surface area (Å²) in [4.78, 5) is 41.4. The number of nitrogens with zero attached hydrogens (tertiary/aromatic N) is 1. The van der Waals surface area contributed by atoms with Crippen molar-refractivity contribution in [1.82, 2.24) is 10.2 Å². The smallest absolute Gasteiger partial charge is 0.309 e. The topological polar surface area (TPSA) is 95.9 Å². The second-order valence-electron chi connectivity index (χ2n) is 10.6. The van der Waals surface area contributed by atoms with E-state index in [1.807, 2.05) is 60.7 Å². The van der Waals surface area contributed by atoms with Crippen molar-refractivity contribution < 1.29 is 24.2 Å². The van der Waals surface area contributed by atoms with Gasteiger partial charge in [0.25, 0.3) is 0 Å². The number of cyclic esters (lactones) is 1. The van der Waals surface area contributed by atoms with Crippen LogP contribution in [-0.4, -0.2) is 65.4 Å². The molecule has 2 aliphatic heterocycles. The molecule has 0 unspecified atom stereocenters. The average Bonchev–Trinajstić information content (AvgIpc) is 3.46. The van der Waals surface area contributed by atoms with E-state index in [0.717, 1.165) is 24.2 Å². The number of amides is 2. The number of carbonyl (C=O) groups is 3. The number of esters is 1. The Morgan fingerprint density at radius 2 is 1.65 bits per heavy atom. The highest BCUT2D eigenvalue weighted by molar-refractivity contribution is 7.98. The molecule has 7 nitrogen and oxygen atoms in total. The SMILES string of the molecule is O=C1N[C@@H](CSCc2ccccc2)COC(=O)[C@H](Cc2ccccc2)CC=CC[C@@H]1CC(=O)N1CCC[C@H]1CO. The highest BCUT2D eigenvalue weighted by Crippen LogP contribution is 2.23. The summed E-state index contributed by atoms with van der Waals surface area (Å²) in [7, 11) is 0. The Balaban J connectivity index is 1.47. The molecule has 0 radical (unpaired) electrons. The molecule has 2 N–H and O–H groups in total. The van der Waals surface area contributed by atoms with Gasteiger partial charge in [0.05, 0.1) is 30.5 Å². The van der Waals surface area contributed by atoms with Gasteiger partial charge in [-0.2, -0.15) is 11.8 Å². The normalized spacial score (nSPS) is 24.1. The zero-order valence-corrected chi connectivity index (χ0v) is 23.8. The molecule has 2 aliphatic rings. The number of rotatable bonds is 9. The number of aliphatic hydroxyl groups excluding tert-OH is 1. The summed E-state index contributed by atoms with van der Waals surface area (Å²) in [5.74, 6) is -0.0837. The number of carbonyl (C=O) groups excluding carboxylic acids is 3. The van der Waals surface area contributed by atoms with Crippen LogP contribution in [-0.2, 0) is 31.3 Å². The van der Waals surface area contributed by atoms with E-state index in [4.69, 9.17) is 4.74 Å². The Bertz CT molecular complexity index is 1130. The second kappa shape index (κ2) is 15.6. The van der Waals surface area contributed by atoms with Gasteiger partial charge in [-0.25, -0.2) is 0 Å². The monoisotopic (exact) mass is 564 g/mol. The molecule has 2 heterocycles. The third kappa shape index (κ3) is 8.96. The Kier molecular flexibility index (Phi) is 11.7. The van der Waals surface area contributed by atoms with Crippen LogP contribution in [0.4, 0.5) is 0 Å². The van der Waals surface area contributed by atoms with Gasteiger partial charge in [-0.15, -0.1) is 0 Å². The first kappa shape index (κ1) is 29.9. The lowest BCUT2D eigenvalue weighted by Crippen LogP contribution is -2.46. The van der Waals surface area contributed by atoms with Gasteiger partial charge in [-0.05, 0) is 43.2 Å². The summed E-state index contributed by atoms with van der Waals surface area (Å²) >= 11 is 1.67. The molecule has 0 aliphatic carbocycles. The van der Waals surface area contributed by atoms with Crippen LogP contribution in [0.25, 0.3) is 0 Å². The van der Waals surface area contributed by atoms with E-state index >= 15 is 0 Å². The number of likely N-dealkylation sites (tertiary alicyclic amines) is 1. The molecule has 2 aromatic rings. The Labute approximate surface area is 241 Å². The van der Waals surface area contributed by atoms with Crippen molar-refractivity contribution in [3.05, 3.63) is 83.9 Å². The predicted molar refractivity (Wildman–Crippen MR) is 157 cm³/mol. The van der Waals surface area contributed by atoms with E-state index in [9.17, 15) is 19.5 Å². The summed E-state index contributed by atoms with van der Waals surface area (Å²) in [6.07, 6.45) is 7.07. The lowest BCUT2D eigenvalue weighted by atomic mass is 9.94. The van der Waals surface area contributed by atoms with Gasteiger partial charge in [0.15, 0.2) is 0 Å². The van der Waals surface area contributed by atoms with Crippen LogP contribution < -0.4 is 5.32 Å². The minimum Gasteiger partial charge on any atom is -0.463 e. The van der Waals surface area contributed by atoms with Crippen molar-refractivity contribution in [2.45, 2.75) is 56.4 Å². The number of allylic oxidation sites excluding steroid dienone is 2. The maximum absolute atomic E-state index is 13.4.